The molecule has 2 aliphatic heterocycles. The molecule has 29 heavy (non-hydrogen) atoms. The van der Waals surface area contributed by atoms with E-state index in [2.05, 4.69) is 20.2 Å². The average molecular weight is 400 g/mol. The highest BCUT2D eigenvalue weighted by molar-refractivity contribution is 5.82. The van der Waals surface area contributed by atoms with Crippen LogP contribution in [0.5, 0.6) is 0 Å². The number of aliphatic imine (C=N–C) groups is 1. The normalized spacial score (nSPS) is 19.3. The van der Waals surface area contributed by atoms with E-state index >= 15 is 0 Å². The van der Waals surface area contributed by atoms with Crippen LogP contribution in [0.2, 0.25) is 0 Å². The molecule has 1 aromatic heterocycles. The number of carbonyl (C=O) groups excluding carboxylic acids is 1. The first-order chi connectivity index (χ1) is 13.8. The number of imidazole rings is 1. The quantitative estimate of drug-likeness (QED) is 0.808. The fourth-order valence-corrected chi connectivity index (χ4v) is 3.83. The van der Waals surface area contributed by atoms with Crippen molar-refractivity contribution in [2.24, 2.45) is 4.99 Å². The lowest BCUT2D eigenvalue weighted by atomic mass is 10.2. The Morgan fingerprint density at radius 2 is 2.10 bits per heavy atom. The second-order valence-electron chi connectivity index (χ2n) is 8.46. The number of piperazine rings is 1. The summed E-state index contributed by atoms with van der Waals surface area (Å²) >= 11 is 0. The van der Waals surface area contributed by atoms with Gasteiger partial charge >= 0.3 is 11.8 Å². The Balaban J connectivity index is 1.31. The van der Waals surface area contributed by atoms with Gasteiger partial charge in [-0.15, -0.1) is 0 Å². The first kappa shape index (κ1) is 19.4. The molecule has 1 unspecified atom stereocenters. The third-order valence-corrected chi connectivity index (χ3v) is 5.16. The van der Waals surface area contributed by atoms with Crippen LogP contribution in [0.4, 0.5) is 4.79 Å². The zero-order valence-electron chi connectivity index (χ0n) is 17.1. The maximum Gasteiger partial charge on any atom is 0.410 e. The molecule has 3 heterocycles. The molecular weight excluding hydrogens is 372 g/mol. The Bertz CT molecular complexity index is 986. The summed E-state index contributed by atoms with van der Waals surface area (Å²) in [5, 5.41) is 3.36. The van der Waals surface area contributed by atoms with Crippen molar-refractivity contribution in [3.05, 3.63) is 34.7 Å². The van der Waals surface area contributed by atoms with Gasteiger partial charge in [-0.3, -0.25) is 9.56 Å². The zero-order chi connectivity index (χ0) is 20.6. The van der Waals surface area contributed by atoms with Gasteiger partial charge in [-0.05, 0) is 32.9 Å². The van der Waals surface area contributed by atoms with E-state index in [1.54, 1.807) is 9.47 Å². The van der Waals surface area contributed by atoms with E-state index in [9.17, 15) is 9.59 Å². The SMILES string of the molecule is CC(C)(C)OC(=O)N1CCN2C(NCCn3c(=O)[nH]c4ccccc43)=NCC2C1. The number of ether oxygens (including phenoxy) is 1. The number of rotatable bonds is 3. The van der Waals surface area contributed by atoms with Crippen molar-refractivity contribution in [2.45, 2.75) is 39.0 Å². The summed E-state index contributed by atoms with van der Waals surface area (Å²) in [6.45, 7) is 9.34. The predicted octanol–water partition coefficient (Wildman–Crippen LogP) is 1.21. The minimum absolute atomic E-state index is 0.106. The lowest BCUT2D eigenvalue weighted by molar-refractivity contribution is 0.0137. The van der Waals surface area contributed by atoms with Crippen LogP contribution < -0.4 is 11.0 Å². The highest BCUT2D eigenvalue weighted by atomic mass is 16.6. The molecule has 156 valence electrons. The molecule has 0 radical (unpaired) electrons. The molecule has 2 N–H and O–H groups in total. The molecule has 0 bridgehead atoms. The van der Waals surface area contributed by atoms with Crippen molar-refractivity contribution in [1.82, 2.24) is 24.7 Å². The summed E-state index contributed by atoms with van der Waals surface area (Å²) < 4.78 is 7.22. The Hall–Kier alpha value is -2.97. The lowest BCUT2D eigenvalue weighted by Crippen LogP contribution is -2.57. The molecule has 0 saturated carbocycles. The number of aromatic amines is 1. The monoisotopic (exact) mass is 400 g/mol. The highest BCUT2D eigenvalue weighted by Crippen LogP contribution is 2.18. The van der Waals surface area contributed by atoms with Gasteiger partial charge < -0.3 is 24.8 Å². The first-order valence-corrected chi connectivity index (χ1v) is 10.0. The minimum atomic E-state index is -0.492. The van der Waals surface area contributed by atoms with E-state index in [0.717, 1.165) is 17.0 Å². The van der Waals surface area contributed by atoms with Gasteiger partial charge in [0.15, 0.2) is 5.96 Å². The summed E-state index contributed by atoms with van der Waals surface area (Å²) in [5.74, 6) is 0.840. The van der Waals surface area contributed by atoms with Crippen molar-refractivity contribution >= 4 is 23.1 Å². The van der Waals surface area contributed by atoms with Gasteiger partial charge in [0.25, 0.3) is 0 Å². The van der Waals surface area contributed by atoms with Gasteiger partial charge in [0.1, 0.15) is 5.60 Å². The Labute approximate surface area is 169 Å². The topological polar surface area (TPSA) is 95.0 Å². The number of carbonyl (C=O) groups is 1. The average Bonchev–Trinajstić information content (AvgIpc) is 3.21. The van der Waals surface area contributed by atoms with E-state index < -0.39 is 5.60 Å². The molecule has 2 aromatic rings. The Kier molecular flexibility index (Phi) is 4.97. The Morgan fingerprint density at radius 1 is 1.31 bits per heavy atom. The van der Waals surface area contributed by atoms with Crippen molar-refractivity contribution < 1.29 is 9.53 Å². The number of para-hydroxylation sites is 2. The number of fused-ring (bicyclic) bond motifs is 2. The highest BCUT2D eigenvalue weighted by Gasteiger charge is 2.36. The fraction of sp³-hybridized carbons (Fsp3) is 0.550. The van der Waals surface area contributed by atoms with Gasteiger partial charge in [-0.2, -0.15) is 0 Å². The third kappa shape index (κ3) is 4.08. The lowest BCUT2D eigenvalue weighted by Gasteiger charge is -2.39. The number of nitrogens with one attached hydrogen (secondary N) is 2. The zero-order valence-corrected chi connectivity index (χ0v) is 17.1. The number of hydrogen-bond donors (Lipinski definition) is 2. The largest absolute Gasteiger partial charge is 0.444 e. The van der Waals surface area contributed by atoms with E-state index in [1.807, 2.05) is 45.0 Å². The van der Waals surface area contributed by atoms with Crippen LogP contribution in [0, 0.1) is 0 Å². The number of benzene rings is 1. The summed E-state index contributed by atoms with van der Waals surface area (Å²) in [6.07, 6.45) is -0.266. The van der Waals surface area contributed by atoms with Crippen LogP contribution in [-0.2, 0) is 11.3 Å². The van der Waals surface area contributed by atoms with Gasteiger partial charge in [0, 0.05) is 32.7 Å². The van der Waals surface area contributed by atoms with Crippen LogP contribution in [-0.4, -0.2) is 75.8 Å². The number of hydrogen-bond acceptors (Lipinski definition) is 6. The smallest absolute Gasteiger partial charge is 0.410 e. The second-order valence-corrected chi connectivity index (χ2v) is 8.46. The summed E-state index contributed by atoms with van der Waals surface area (Å²) in [4.78, 5) is 36.0. The number of guanidine groups is 1. The van der Waals surface area contributed by atoms with E-state index in [1.165, 1.54) is 0 Å². The second kappa shape index (κ2) is 7.46. The molecule has 1 amide bonds. The number of amides is 1. The molecule has 2 aliphatic rings. The summed E-state index contributed by atoms with van der Waals surface area (Å²) in [7, 11) is 0. The maximum atomic E-state index is 12.3. The fourth-order valence-electron chi connectivity index (χ4n) is 3.83. The van der Waals surface area contributed by atoms with Crippen molar-refractivity contribution in [3.63, 3.8) is 0 Å². The molecular formula is C20H28N6O3. The van der Waals surface area contributed by atoms with Gasteiger partial charge in [0.2, 0.25) is 0 Å². The molecule has 4 rings (SSSR count). The molecule has 1 atom stereocenters. The van der Waals surface area contributed by atoms with Crippen molar-refractivity contribution in [3.8, 4) is 0 Å². The van der Waals surface area contributed by atoms with Crippen LogP contribution in [0.25, 0.3) is 11.0 Å². The molecule has 1 saturated heterocycles. The molecule has 9 heteroatoms. The minimum Gasteiger partial charge on any atom is -0.444 e. The molecule has 0 aliphatic carbocycles. The van der Waals surface area contributed by atoms with E-state index in [-0.39, 0.29) is 17.8 Å². The van der Waals surface area contributed by atoms with Crippen LogP contribution >= 0.6 is 0 Å². The van der Waals surface area contributed by atoms with Crippen LogP contribution in [0.3, 0.4) is 0 Å². The summed E-state index contributed by atoms with van der Waals surface area (Å²) in [5.41, 5.74) is 1.14. The van der Waals surface area contributed by atoms with Gasteiger partial charge in [0.05, 0.1) is 23.6 Å². The maximum absolute atomic E-state index is 12.3. The van der Waals surface area contributed by atoms with Crippen LogP contribution in [0.1, 0.15) is 20.8 Å². The molecule has 1 aromatic carbocycles. The van der Waals surface area contributed by atoms with E-state index in [4.69, 9.17) is 4.74 Å². The molecule has 9 nitrogen and oxygen atoms in total. The summed E-state index contributed by atoms with van der Waals surface area (Å²) in [6, 6.07) is 7.83. The number of H-pyrrole nitrogens is 1. The first-order valence-electron chi connectivity index (χ1n) is 10.0. The van der Waals surface area contributed by atoms with Crippen molar-refractivity contribution in [1.29, 1.82) is 0 Å². The van der Waals surface area contributed by atoms with Crippen LogP contribution in [0.15, 0.2) is 34.1 Å². The predicted molar refractivity (Wildman–Crippen MR) is 111 cm³/mol. The molecule has 0 spiro atoms. The number of aromatic nitrogens is 2. The molecule has 1 fully saturated rings. The van der Waals surface area contributed by atoms with Crippen molar-refractivity contribution in [2.75, 3.05) is 32.7 Å². The standard InChI is InChI=1S/C20H28N6O3/c1-20(2,3)29-19(28)24-10-11-25-14(13-24)12-22-17(25)21-8-9-26-16-7-5-4-6-15(16)23-18(26)27/h4-7,14H,8-13H2,1-3H3,(H,21,22)(H,23,27). The van der Waals surface area contributed by atoms with Gasteiger partial charge in [-0.1, -0.05) is 12.1 Å². The number of nitrogens with zero attached hydrogens (tertiary/aromatic N) is 4. The van der Waals surface area contributed by atoms with E-state index in [0.29, 0.717) is 39.3 Å². The Morgan fingerprint density at radius 3 is 2.90 bits per heavy atom. The third-order valence-electron chi connectivity index (χ3n) is 5.16. The van der Waals surface area contributed by atoms with Gasteiger partial charge in [-0.25, -0.2) is 9.59 Å².